The molecule has 0 saturated heterocycles. The SMILES string of the molecule is CC[C@@H](C)COc1ccc(C=O)cc1Cl. The largest absolute Gasteiger partial charge is 0.492 e. The van der Waals surface area contributed by atoms with Crippen LogP contribution in [-0.2, 0) is 0 Å². The van der Waals surface area contributed by atoms with E-state index in [2.05, 4.69) is 13.8 Å². The fraction of sp³-hybridized carbons (Fsp3) is 0.417. The first-order chi connectivity index (χ1) is 7.17. The van der Waals surface area contributed by atoms with Crippen molar-refractivity contribution in [3.8, 4) is 5.75 Å². The third kappa shape index (κ3) is 3.56. The van der Waals surface area contributed by atoms with Crippen molar-refractivity contribution in [3.05, 3.63) is 28.8 Å². The highest BCUT2D eigenvalue weighted by atomic mass is 35.5. The summed E-state index contributed by atoms with van der Waals surface area (Å²) in [6, 6.07) is 5.04. The minimum absolute atomic E-state index is 0.489. The van der Waals surface area contributed by atoms with E-state index in [1.54, 1.807) is 18.2 Å². The Morgan fingerprint density at radius 3 is 2.80 bits per heavy atom. The predicted octanol–water partition coefficient (Wildman–Crippen LogP) is 3.58. The van der Waals surface area contributed by atoms with Crippen molar-refractivity contribution in [1.82, 2.24) is 0 Å². The molecule has 0 unspecified atom stereocenters. The van der Waals surface area contributed by atoms with Crippen LogP contribution < -0.4 is 4.74 Å². The Morgan fingerprint density at radius 1 is 1.53 bits per heavy atom. The molecule has 0 aliphatic heterocycles. The van der Waals surface area contributed by atoms with E-state index in [0.29, 0.717) is 28.9 Å². The van der Waals surface area contributed by atoms with Crippen LogP contribution in [0.4, 0.5) is 0 Å². The average molecular weight is 227 g/mol. The average Bonchev–Trinajstić information content (AvgIpc) is 2.26. The second-order valence-electron chi connectivity index (χ2n) is 3.63. The van der Waals surface area contributed by atoms with E-state index >= 15 is 0 Å². The Labute approximate surface area is 95.2 Å². The zero-order valence-corrected chi connectivity index (χ0v) is 9.75. The minimum atomic E-state index is 0.489. The summed E-state index contributed by atoms with van der Waals surface area (Å²) in [7, 11) is 0. The van der Waals surface area contributed by atoms with Crippen LogP contribution in [-0.4, -0.2) is 12.9 Å². The van der Waals surface area contributed by atoms with Crippen LogP contribution in [0.25, 0.3) is 0 Å². The lowest BCUT2D eigenvalue weighted by Crippen LogP contribution is -2.07. The van der Waals surface area contributed by atoms with Gasteiger partial charge in [-0.1, -0.05) is 31.9 Å². The number of carbonyl (C=O) groups is 1. The van der Waals surface area contributed by atoms with Crippen LogP contribution in [0, 0.1) is 5.92 Å². The second-order valence-corrected chi connectivity index (χ2v) is 4.04. The molecule has 82 valence electrons. The maximum absolute atomic E-state index is 10.5. The Kier molecular flexibility index (Phi) is 4.63. The molecule has 1 aromatic carbocycles. The van der Waals surface area contributed by atoms with Gasteiger partial charge in [-0.15, -0.1) is 0 Å². The number of aldehydes is 1. The van der Waals surface area contributed by atoms with E-state index in [4.69, 9.17) is 16.3 Å². The lowest BCUT2D eigenvalue weighted by atomic mass is 10.1. The highest BCUT2D eigenvalue weighted by molar-refractivity contribution is 6.32. The van der Waals surface area contributed by atoms with Crippen molar-refractivity contribution in [2.24, 2.45) is 5.92 Å². The van der Waals surface area contributed by atoms with Crippen LogP contribution in [0.15, 0.2) is 18.2 Å². The van der Waals surface area contributed by atoms with Gasteiger partial charge in [0, 0.05) is 5.56 Å². The van der Waals surface area contributed by atoms with Gasteiger partial charge >= 0.3 is 0 Å². The molecule has 0 heterocycles. The number of ether oxygens (including phenoxy) is 1. The second kappa shape index (κ2) is 5.76. The topological polar surface area (TPSA) is 26.3 Å². The lowest BCUT2D eigenvalue weighted by Gasteiger charge is -2.12. The van der Waals surface area contributed by atoms with Gasteiger partial charge in [-0.2, -0.15) is 0 Å². The first-order valence-corrected chi connectivity index (χ1v) is 5.42. The highest BCUT2D eigenvalue weighted by Crippen LogP contribution is 2.25. The standard InChI is InChI=1S/C12H15ClO2/c1-3-9(2)8-15-12-5-4-10(7-14)6-11(12)13/h4-7,9H,3,8H2,1-2H3/t9-/m1/s1. The molecule has 0 fully saturated rings. The fourth-order valence-corrected chi connectivity index (χ4v) is 1.30. The molecule has 15 heavy (non-hydrogen) atoms. The molecule has 2 nitrogen and oxygen atoms in total. The summed E-state index contributed by atoms with van der Waals surface area (Å²) in [5.41, 5.74) is 0.566. The monoisotopic (exact) mass is 226 g/mol. The van der Waals surface area contributed by atoms with E-state index in [-0.39, 0.29) is 0 Å². The predicted molar refractivity (Wildman–Crippen MR) is 61.8 cm³/mol. The van der Waals surface area contributed by atoms with Gasteiger partial charge < -0.3 is 4.74 Å². The molecule has 0 N–H and O–H groups in total. The van der Waals surface area contributed by atoms with E-state index < -0.39 is 0 Å². The number of rotatable bonds is 5. The van der Waals surface area contributed by atoms with Crippen LogP contribution >= 0.6 is 11.6 Å². The zero-order chi connectivity index (χ0) is 11.3. The summed E-state index contributed by atoms with van der Waals surface area (Å²) in [6.45, 7) is 4.88. The van der Waals surface area contributed by atoms with E-state index in [1.807, 2.05) is 0 Å². The first kappa shape index (κ1) is 12.1. The fourth-order valence-electron chi connectivity index (χ4n) is 1.06. The van der Waals surface area contributed by atoms with Crippen LogP contribution in [0.1, 0.15) is 30.6 Å². The molecule has 0 radical (unpaired) electrons. The maximum atomic E-state index is 10.5. The van der Waals surface area contributed by atoms with Gasteiger partial charge in [0.2, 0.25) is 0 Å². The van der Waals surface area contributed by atoms with Gasteiger partial charge in [0.1, 0.15) is 12.0 Å². The molecule has 1 aromatic rings. The van der Waals surface area contributed by atoms with Gasteiger partial charge in [0.05, 0.1) is 11.6 Å². The van der Waals surface area contributed by atoms with Crippen molar-refractivity contribution in [3.63, 3.8) is 0 Å². The van der Waals surface area contributed by atoms with Crippen LogP contribution in [0.3, 0.4) is 0 Å². The number of halogens is 1. The van der Waals surface area contributed by atoms with Gasteiger partial charge in [-0.25, -0.2) is 0 Å². The van der Waals surface area contributed by atoms with Gasteiger partial charge in [0.15, 0.2) is 0 Å². The Bertz CT molecular complexity index is 336. The molecule has 1 rings (SSSR count). The van der Waals surface area contributed by atoms with Crippen molar-refractivity contribution < 1.29 is 9.53 Å². The Balaban J connectivity index is 2.65. The number of carbonyl (C=O) groups excluding carboxylic acids is 1. The lowest BCUT2D eigenvalue weighted by molar-refractivity contribution is 0.112. The molecule has 0 spiro atoms. The summed E-state index contributed by atoms with van der Waals surface area (Å²) in [6.07, 6.45) is 1.84. The molecule has 1 atom stereocenters. The van der Waals surface area contributed by atoms with Crippen molar-refractivity contribution >= 4 is 17.9 Å². The summed E-state index contributed by atoms with van der Waals surface area (Å²) in [4.78, 5) is 10.5. The van der Waals surface area contributed by atoms with E-state index in [9.17, 15) is 4.79 Å². The summed E-state index contributed by atoms with van der Waals surface area (Å²) in [5.74, 6) is 1.15. The molecule has 0 amide bonds. The highest BCUT2D eigenvalue weighted by Gasteiger charge is 2.05. The van der Waals surface area contributed by atoms with Crippen molar-refractivity contribution in [2.75, 3.05) is 6.61 Å². The summed E-state index contributed by atoms with van der Waals surface area (Å²) < 4.78 is 5.54. The van der Waals surface area contributed by atoms with Gasteiger partial charge in [-0.3, -0.25) is 4.79 Å². The van der Waals surface area contributed by atoms with Gasteiger partial charge in [-0.05, 0) is 24.1 Å². The van der Waals surface area contributed by atoms with Crippen LogP contribution in [0.5, 0.6) is 5.75 Å². The quantitative estimate of drug-likeness (QED) is 0.718. The number of hydrogen-bond donors (Lipinski definition) is 0. The van der Waals surface area contributed by atoms with E-state index in [0.717, 1.165) is 12.7 Å². The van der Waals surface area contributed by atoms with E-state index in [1.165, 1.54) is 0 Å². The molecule has 0 aromatic heterocycles. The smallest absolute Gasteiger partial charge is 0.150 e. The molecule has 0 bridgehead atoms. The molecule has 0 aliphatic rings. The minimum Gasteiger partial charge on any atom is -0.492 e. The first-order valence-electron chi connectivity index (χ1n) is 5.05. The number of benzene rings is 1. The third-order valence-electron chi connectivity index (χ3n) is 2.31. The molecule has 0 aliphatic carbocycles. The molecular weight excluding hydrogens is 212 g/mol. The Hall–Kier alpha value is -1.02. The Morgan fingerprint density at radius 2 is 2.27 bits per heavy atom. The maximum Gasteiger partial charge on any atom is 0.150 e. The van der Waals surface area contributed by atoms with Crippen molar-refractivity contribution in [2.45, 2.75) is 20.3 Å². The molecule has 3 heteroatoms. The third-order valence-corrected chi connectivity index (χ3v) is 2.61. The van der Waals surface area contributed by atoms with Crippen LogP contribution in [0.2, 0.25) is 5.02 Å². The van der Waals surface area contributed by atoms with Gasteiger partial charge in [0.25, 0.3) is 0 Å². The molecule has 0 saturated carbocycles. The molecular formula is C12H15ClO2. The summed E-state index contributed by atoms with van der Waals surface area (Å²) in [5, 5.41) is 0.489. The normalized spacial score (nSPS) is 12.2. The summed E-state index contributed by atoms with van der Waals surface area (Å²) >= 11 is 5.95. The number of hydrogen-bond acceptors (Lipinski definition) is 2. The van der Waals surface area contributed by atoms with Crippen molar-refractivity contribution in [1.29, 1.82) is 0 Å². The zero-order valence-electron chi connectivity index (χ0n) is 9.00.